The lowest BCUT2D eigenvalue weighted by atomic mass is 10.0. The number of hydrogen-bond acceptors (Lipinski definition) is 5. The fraction of sp³-hybridized carbons (Fsp3) is 0.0952. The number of fused-ring (bicyclic) bond motifs is 1. The predicted molar refractivity (Wildman–Crippen MR) is 103 cm³/mol. The van der Waals surface area contributed by atoms with Crippen molar-refractivity contribution in [2.75, 3.05) is 5.32 Å². The van der Waals surface area contributed by atoms with Crippen LogP contribution < -0.4 is 5.32 Å². The summed E-state index contributed by atoms with van der Waals surface area (Å²) in [6.07, 6.45) is 7.21. The number of nitrogens with zero attached hydrogens (tertiary/aromatic N) is 3. The SMILES string of the molecule is Cc1ccncc1-c1ccc2cc(Nc3cc(CO)ccn3)ncc2c1. The number of rotatable bonds is 4. The molecule has 5 nitrogen and oxygen atoms in total. The molecule has 4 aromatic rings. The van der Waals surface area contributed by atoms with Gasteiger partial charge in [0.1, 0.15) is 11.6 Å². The average molecular weight is 342 g/mol. The van der Waals surface area contributed by atoms with E-state index in [9.17, 15) is 5.11 Å². The van der Waals surface area contributed by atoms with Gasteiger partial charge in [0.05, 0.1) is 6.61 Å². The van der Waals surface area contributed by atoms with Crippen molar-refractivity contribution < 1.29 is 5.11 Å². The number of anilines is 2. The number of aliphatic hydroxyl groups is 1. The predicted octanol–water partition coefficient (Wildman–Crippen LogP) is 4.24. The number of benzene rings is 1. The van der Waals surface area contributed by atoms with Crippen molar-refractivity contribution in [2.45, 2.75) is 13.5 Å². The molecule has 0 aliphatic rings. The minimum absolute atomic E-state index is 0.0150. The van der Waals surface area contributed by atoms with Gasteiger partial charge in [-0.2, -0.15) is 0 Å². The molecule has 128 valence electrons. The van der Waals surface area contributed by atoms with Gasteiger partial charge in [-0.3, -0.25) is 4.98 Å². The summed E-state index contributed by atoms with van der Waals surface area (Å²) in [7, 11) is 0. The van der Waals surface area contributed by atoms with E-state index in [0.29, 0.717) is 11.6 Å². The van der Waals surface area contributed by atoms with Crippen LogP contribution in [0.2, 0.25) is 0 Å². The zero-order chi connectivity index (χ0) is 17.9. The van der Waals surface area contributed by atoms with Gasteiger partial charge in [-0.1, -0.05) is 12.1 Å². The van der Waals surface area contributed by atoms with Crippen molar-refractivity contribution in [3.8, 4) is 11.1 Å². The highest BCUT2D eigenvalue weighted by Crippen LogP contribution is 2.27. The van der Waals surface area contributed by atoms with Crippen LogP contribution in [0.15, 0.2) is 67.3 Å². The Morgan fingerprint density at radius 2 is 1.77 bits per heavy atom. The van der Waals surface area contributed by atoms with E-state index in [1.54, 1.807) is 24.5 Å². The molecule has 0 aliphatic carbocycles. The summed E-state index contributed by atoms with van der Waals surface area (Å²) in [6, 6.07) is 13.9. The van der Waals surface area contributed by atoms with E-state index >= 15 is 0 Å². The Hall–Kier alpha value is -3.31. The van der Waals surface area contributed by atoms with Crippen molar-refractivity contribution in [3.05, 3.63) is 78.4 Å². The van der Waals surface area contributed by atoms with Crippen molar-refractivity contribution >= 4 is 22.4 Å². The standard InChI is InChI=1S/C21H18N4O/c1-14-4-6-22-12-19(14)17-3-2-16-10-21(24-11-18(16)9-17)25-20-8-15(13-26)5-7-23-20/h2-12,26H,13H2,1H3,(H,23,24,25). The zero-order valence-corrected chi connectivity index (χ0v) is 14.3. The zero-order valence-electron chi connectivity index (χ0n) is 14.3. The van der Waals surface area contributed by atoms with Crippen LogP contribution in [0.25, 0.3) is 21.9 Å². The number of pyridine rings is 3. The van der Waals surface area contributed by atoms with E-state index in [-0.39, 0.29) is 6.61 Å². The molecule has 0 aliphatic heterocycles. The van der Waals surface area contributed by atoms with Crippen LogP contribution in [-0.4, -0.2) is 20.1 Å². The summed E-state index contributed by atoms with van der Waals surface area (Å²) in [6.45, 7) is 2.07. The van der Waals surface area contributed by atoms with E-state index in [2.05, 4.69) is 45.4 Å². The summed E-state index contributed by atoms with van der Waals surface area (Å²) < 4.78 is 0. The number of aryl methyl sites for hydroxylation is 1. The molecule has 0 radical (unpaired) electrons. The first-order chi connectivity index (χ1) is 12.7. The Morgan fingerprint density at radius 1 is 0.885 bits per heavy atom. The second-order valence-electron chi connectivity index (χ2n) is 6.15. The summed E-state index contributed by atoms with van der Waals surface area (Å²) >= 11 is 0. The van der Waals surface area contributed by atoms with Crippen molar-refractivity contribution in [2.24, 2.45) is 0 Å². The third-order valence-corrected chi connectivity index (χ3v) is 4.33. The highest BCUT2D eigenvalue weighted by Gasteiger charge is 2.05. The Morgan fingerprint density at radius 3 is 2.62 bits per heavy atom. The van der Waals surface area contributed by atoms with Crippen molar-refractivity contribution in [1.82, 2.24) is 15.0 Å². The molecule has 0 fully saturated rings. The highest BCUT2D eigenvalue weighted by molar-refractivity contribution is 5.89. The summed E-state index contributed by atoms with van der Waals surface area (Å²) in [5.74, 6) is 1.37. The molecule has 3 heterocycles. The Balaban J connectivity index is 1.66. The number of nitrogens with one attached hydrogen (secondary N) is 1. The molecule has 0 amide bonds. The number of aromatic nitrogens is 3. The first kappa shape index (κ1) is 16.2. The maximum atomic E-state index is 9.23. The molecule has 0 atom stereocenters. The Labute approximate surface area is 151 Å². The molecule has 0 saturated heterocycles. The molecule has 0 bridgehead atoms. The van der Waals surface area contributed by atoms with Gasteiger partial charge in [0.15, 0.2) is 0 Å². The van der Waals surface area contributed by atoms with E-state index in [1.165, 1.54) is 5.56 Å². The monoisotopic (exact) mass is 342 g/mol. The lowest BCUT2D eigenvalue weighted by molar-refractivity contribution is 0.282. The minimum atomic E-state index is -0.0150. The molecule has 1 aromatic carbocycles. The minimum Gasteiger partial charge on any atom is -0.392 e. The average Bonchev–Trinajstić information content (AvgIpc) is 2.68. The largest absolute Gasteiger partial charge is 0.392 e. The fourth-order valence-electron chi connectivity index (χ4n) is 2.92. The van der Waals surface area contributed by atoms with Crippen molar-refractivity contribution in [3.63, 3.8) is 0 Å². The van der Waals surface area contributed by atoms with Crippen LogP contribution >= 0.6 is 0 Å². The lowest BCUT2D eigenvalue weighted by Gasteiger charge is -2.09. The molecule has 2 N–H and O–H groups in total. The lowest BCUT2D eigenvalue weighted by Crippen LogP contribution is -1.97. The quantitative estimate of drug-likeness (QED) is 0.580. The Kier molecular flexibility index (Phi) is 4.29. The van der Waals surface area contributed by atoms with Gasteiger partial charge in [-0.25, -0.2) is 9.97 Å². The van der Waals surface area contributed by atoms with Crippen molar-refractivity contribution in [1.29, 1.82) is 0 Å². The first-order valence-electron chi connectivity index (χ1n) is 8.36. The fourth-order valence-corrected chi connectivity index (χ4v) is 2.92. The van der Waals surface area contributed by atoms with Crippen LogP contribution in [0.4, 0.5) is 11.6 Å². The van der Waals surface area contributed by atoms with E-state index in [0.717, 1.165) is 27.5 Å². The highest BCUT2D eigenvalue weighted by atomic mass is 16.3. The van der Waals surface area contributed by atoms with Crippen LogP contribution in [0.3, 0.4) is 0 Å². The number of hydrogen-bond donors (Lipinski definition) is 2. The summed E-state index contributed by atoms with van der Waals surface area (Å²) in [5, 5.41) is 14.6. The molecule has 0 spiro atoms. The molecule has 0 unspecified atom stereocenters. The molecule has 0 saturated carbocycles. The van der Waals surface area contributed by atoms with Gasteiger partial charge in [0, 0.05) is 35.7 Å². The van der Waals surface area contributed by atoms with E-state index < -0.39 is 0 Å². The third-order valence-electron chi connectivity index (χ3n) is 4.33. The first-order valence-corrected chi connectivity index (χ1v) is 8.36. The van der Waals surface area contributed by atoms with Crippen LogP contribution in [-0.2, 0) is 6.61 Å². The maximum absolute atomic E-state index is 9.23. The van der Waals surface area contributed by atoms with Gasteiger partial charge < -0.3 is 10.4 Å². The normalized spacial score (nSPS) is 10.8. The van der Waals surface area contributed by atoms with Crippen LogP contribution in [0.5, 0.6) is 0 Å². The van der Waals surface area contributed by atoms with Crippen LogP contribution in [0, 0.1) is 6.92 Å². The maximum Gasteiger partial charge on any atom is 0.132 e. The molecule has 5 heteroatoms. The summed E-state index contributed by atoms with van der Waals surface area (Å²) in [4.78, 5) is 13.0. The molecule has 26 heavy (non-hydrogen) atoms. The smallest absolute Gasteiger partial charge is 0.132 e. The topological polar surface area (TPSA) is 70.9 Å². The van der Waals surface area contributed by atoms with Crippen LogP contribution in [0.1, 0.15) is 11.1 Å². The van der Waals surface area contributed by atoms with Gasteiger partial charge in [-0.05, 0) is 59.3 Å². The van der Waals surface area contributed by atoms with Gasteiger partial charge in [-0.15, -0.1) is 0 Å². The second kappa shape index (κ2) is 6.90. The number of aliphatic hydroxyl groups excluding tert-OH is 1. The van der Waals surface area contributed by atoms with E-state index in [1.807, 2.05) is 24.5 Å². The second-order valence-corrected chi connectivity index (χ2v) is 6.15. The van der Waals surface area contributed by atoms with Gasteiger partial charge >= 0.3 is 0 Å². The van der Waals surface area contributed by atoms with Gasteiger partial charge in [0.25, 0.3) is 0 Å². The van der Waals surface area contributed by atoms with E-state index in [4.69, 9.17) is 0 Å². The molecular formula is C21H18N4O. The molecular weight excluding hydrogens is 324 g/mol. The molecule has 3 aromatic heterocycles. The Bertz CT molecular complexity index is 1080. The third kappa shape index (κ3) is 3.25. The summed E-state index contributed by atoms with van der Waals surface area (Å²) in [5.41, 5.74) is 4.25. The van der Waals surface area contributed by atoms with Gasteiger partial charge in [0.2, 0.25) is 0 Å². The molecule has 4 rings (SSSR count).